The van der Waals surface area contributed by atoms with Crippen LogP contribution in [-0.4, -0.2) is 23.9 Å². The van der Waals surface area contributed by atoms with Gasteiger partial charge in [0.05, 0.1) is 0 Å². The van der Waals surface area contributed by atoms with Crippen LogP contribution in [0.1, 0.15) is 49.7 Å². The molecule has 1 saturated carbocycles. The zero-order valence-electron chi connectivity index (χ0n) is 16.4. The normalized spacial score (nSPS) is 19.0. The second kappa shape index (κ2) is 10.6. The number of rotatable bonds is 8. The van der Waals surface area contributed by atoms with Crippen molar-refractivity contribution in [1.29, 1.82) is 0 Å². The molecular formula is C24H30N2O2. The Balaban J connectivity index is 1.45. The fourth-order valence-electron chi connectivity index (χ4n) is 3.84. The molecule has 4 heteroatoms. The molecule has 0 aromatic heterocycles. The summed E-state index contributed by atoms with van der Waals surface area (Å²) in [5.41, 5.74) is 2.35. The topological polar surface area (TPSA) is 58.2 Å². The first-order valence-electron chi connectivity index (χ1n) is 10.4. The van der Waals surface area contributed by atoms with E-state index in [2.05, 4.69) is 10.6 Å². The summed E-state index contributed by atoms with van der Waals surface area (Å²) in [6, 6.07) is 20.2. The van der Waals surface area contributed by atoms with Gasteiger partial charge >= 0.3 is 0 Å². The highest BCUT2D eigenvalue weighted by atomic mass is 16.2. The third-order valence-electron chi connectivity index (χ3n) is 5.43. The van der Waals surface area contributed by atoms with Crippen LogP contribution in [0, 0.1) is 0 Å². The van der Waals surface area contributed by atoms with Gasteiger partial charge in [0.1, 0.15) is 0 Å². The van der Waals surface area contributed by atoms with Crippen molar-refractivity contribution >= 4 is 11.8 Å². The van der Waals surface area contributed by atoms with Crippen molar-refractivity contribution in [2.75, 3.05) is 0 Å². The van der Waals surface area contributed by atoms with Gasteiger partial charge in [-0.3, -0.25) is 9.59 Å². The summed E-state index contributed by atoms with van der Waals surface area (Å²) in [5, 5.41) is 6.33. The molecule has 1 aliphatic rings. The minimum absolute atomic E-state index is 0.0395. The summed E-state index contributed by atoms with van der Waals surface area (Å²) in [6.07, 6.45) is 6.51. The molecular weight excluding hydrogens is 348 g/mol. The van der Waals surface area contributed by atoms with Crippen molar-refractivity contribution in [1.82, 2.24) is 10.6 Å². The van der Waals surface area contributed by atoms with E-state index in [9.17, 15) is 9.59 Å². The SMILES string of the molecule is O=C(CCc1ccccc1)NC1CCCCC1NC(=O)CCc1ccccc1. The van der Waals surface area contributed by atoms with E-state index in [4.69, 9.17) is 0 Å². The third kappa shape index (κ3) is 6.52. The fourth-order valence-corrected chi connectivity index (χ4v) is 3.84. The number of carbonyl (C=O) groups excluding carboxylic acids is 2. The number of amides is 2. The Kier molecular flexibility index (Phi) is 7.65. The molecule has 1 aliphatic carbocycles. The van der Waals surface area contributed by atoms with E-state index in [1.165, 1.54) is 11.1 Å². The van der Waals surface area contributed by atoms with Gasteiger partial charge < -0.3 is 10.6 Å². The van der Waals surface area contributed by atoms with Crippen molar-refractivity contribution in [3.05, 3.63) is 71.8 Å². The number of hydrogen-bond donors (Lipinski definition) is 2. The predicted molar refractivity (Wildman–Crippen MR) is 112 cm³/mol. The second-order valence-corrected chi connectivity index (χ2v) is 7.60. The lowest BCUT2D eigenvalue weighted by Crippen LogP contribution is -2.53. The van der Waals surface area contributed by atoms with Crippen LogP contribution in [0.15, 0.2) is 60.7 Å². The average molecular weight is 379 g/mol. The summed E-state index contributed by atoms with van der Waals surface area (Å²) in [7, 11) is 0. The number of nitrogens with one attached hydrogen (secondary N) is 2. The Morgan fingerprint density at radius 1 is 0.679 bits per heavy atom. The van der Waals surface area contributed by atoms with Crippen LogP contribution in [0.25, 0.3) is 0 Å². The minimum atomic E-state index is 0.0395. The maximum Gasteiger partial charge on any atom is 0.220 e. The standard InChI is InChI=1S/C24H30N2O2/c27-23(17-15-19-9-3-1-4-10-19)25-21-13-7-8-14-22(21)26-24(28)18-16-20-11-5-2-6-12-20/h1-6,9-12,21-22H,7-8,13-18H2,(H,25,27)(H,26,28). The molecule has 3 rings (SSSR count). The van der Waals surface area contributed by atoms with Crippen molar-refractivity contribution in [2.24, 2.45) is 0 Å². The molecule has 0 bridgehead atoms. The summed E-state index contributed by atoms with van der Waals surface area (Å²) in [6.45, 7) is 0. The summed E-state index contributed by atoms with van der Waals surface area (Å²) >= 11 is 0. The van der Waals surface area contributed by atoms with Crippen LogP contribution in [0.4, 0.5) is 0 Å². The van der Waals surface area contributed by atoms with Crippen LogP contribution >= 0.6 is 0 Å². The van der Waals surface area contributed by atoms with Gasteiger partial charge in [0.2, 0.25) is 11.8 Å². The minimum Gasteiger partial charge on any atom is -0.351 e. The van der Waals surface area contributed by atoms with Gasteiger partial charge in [0.15, 0.2) is 0 Å². The average Bonchev–Trinajstić information content (AvgIpc) is 2.74. The molecule has 0 spiro atoms. The lowest BCUT2D eigenvalue weighted by atomic mass is 9.90. The molecule has 0 aliphatic heterocycles. The smallest absolute Gasteiger partial charge is 0.220 e. The highest BCUT2D eigenvalue weighted by Gasteiger charge is 2.27. The Bertz CT molecular complexity index is 680. The lowest BCUT2D eigenvalue weighted by molar-refractivity contribution is -0.125. The van der Waals surface area contributed by atoms with Gasteiger partial charge in [-0.15, -0.1) is 0 Å². The van der Waals surface area contributed by atoms with Gasteiger partial charge in [0, 0.05) is 24.9 Å². The van der Waals surface area contributed by atoms with E-state index in [0.717, 1.165) is 38.5 Å². The van der Waals surface area contributed by atoms with Gasteiger partial charge in [0.25, 0.3) is 0 Å². The second-order valence-electron chi connectivity index (χ2n) is 7.60. The highest BCUT2D eigenvalue weighted by Crippen LogP contribution is 2.19. The molecule has 2 aromatic rings. The molecule has 148 valence electrons. The number of aryl methyl sites for hydroxylation is 2. The predicted octanol–water partition coefficient (Wildman–Crippen LogP) is 3.80. The van der Waals surface area contributed by atoms with E-state index in [1.54, 1.807) is 0 Å². The monoisotopic (exact) mass is 378 g/mol. The highest BCUT2D eigenvalue weighted by molar-refractivity contribution is 5.78. The molecule has 2 unspecified atom stereocenters. The first-order chi connectivity index (χ1) is 13.7. The zero-order valence-corrected chi connectivity index (χ0v) is 16.4. The van der Waals surface area contributed by atoms with Crippen molar-refractivity contribution < 1.29 is 9.59 Å². The molecule has 2 N–H and O–H groups in total. The van der Waals surface area contributed by atoms with Crippen LogP contribution in [0.2, 0.25) is 0 Å². The quantitative estimate of drug-likeness (QED) is 0.734. The van der Waals surface area contributed by atoms with Crippen LogP contribution in [0.5, 0.6) is 0 Å². The van der Waals surface area contributed by atoms with E-state index in [1.807, 2.05) is 60.7 Å². The van der Waals surface area contributed by atoms with E-state index in [-0.39, 0.29) is 23.9 Å². The van der Waals surface area contributed by atoms with Gasteiger partial charge in [-0.25, -0.2) is 0 Å². The fraction of sp³-hybridized carbons (Fsp3) is 0.417. The van der Waals surface area contributed by atoms with Gasteiger partial charge in [-0.2, -0.15) is 0 Å². The van der Waals surface area contributed by atoms with E-state index >= 15 is 0 Å². The lowest BCUT2D eigenvalue weighted by Gasteiger charge is -2.33. The zero-order chi connectivity index (χ0) is 19.6. The largest absolute Gasteiger partial charge is 0.351 e. The molecule has 4 nitrogen and oxygen atoms in total. The molecule has 2 amide bonds. The number of hydrogen-bond acceptors (Lipinski definition) is 2. The summed E-state index contributed by atoms with van der Waals surface area (Å²) < 4.78 is 0. The Labute approximate surface area is 167 Å². The molecule has 2 atom stereocenters. The summed E-state index contributed by atoms with van der Waals surface area (Å²) in [5.74, 6) is 0.138. The first kappa shape index (κ1) is 20.1. The molecule has 28 heavy (non-hydrogen) atoms. The molecule has 0 heterocycles. The molecule has 0 radical (unpaired) electrons. The van der Waals surface area contributed by atoms with Crippen molar-refractivity contribution in [3.8, 4) is 0 Å². The van der Waals surface area contributed by atoms with Crippen LogP contribution in [-0.2, 0) is 22.4 Å². The van der Waals surface area contributed by atoms with E-state index in [0.29, 0.717) is 12.8 Å². The number of carbonyl (C=O) groups is 2. The third-order valence-corrected chi connectivity index (χ3v) is 5.43. The van der Waals surface area contributed by atoms with Crippen molar-refractivity contribution in [3.63, 3.8) is 0 Å². The Morgan fingerprint density at radius 2 is 1.07 bits per heavy atom. The molecule has 0 saturated heterocycles. The maximum absolute atomic E-state index is 12.4. The van der Waals surface area contributed by atoms with Crippen LogP contribution < -0.4 is 10.6 Å². The molecule has 2 aromatic carbocycles. The van der Waals surface area contributed by atoms with Crippen molar-refractivity contribution in [2.45, 2.75) is 63.5 Å². The Morgan fingerprint density at radius 3 is 1.46 bits per heavy atom. The van der Waals surface area contributed by atoms with E-state index < -0.39 is 0 Å². The van der Waals surface area contributed by atoms with Gasteiger partial charge in [-0.05, 0) is 36.8 Å². The Hall–Kier alpha value is -2.62. The van der Waals surface area contributed by atoms with Gasteiger partial charge in [-0.1, -0.05) is 73.5 Å². The summed E-state index contributed by atoms with van der Waals surface area (Å²) in [4.78, 5) is 24.8. The number of benzene rings is 2. The maximum atomic E-state index is 12.4. The first-order valence-corrected chi connectivity index (χ1v) is 10.4. The van der Waals surface area contributed by atoms with Crippen LogP contribution in [0.3, 0.4) is 0 Å². The molecule has 1 fully saturated rings.